The maximum absolute atomic E-state index is 11.2. The Hall–Kier alpha value is -3.56. The van der Waals surface area contributed by atoms with Gasteiger partial charge in [-0.15, -0.1) is 10.2 Å². The SMILES string of the molecule is C[C@@H](Nc1ccc([N+](=O)[O-])cc1[N+](=O)[O-])c1nnc2ccccn12. The molecule has 0 unspecified atom stereocenters. The van der Waals surface area contributed by atoms with Crippen LogP contribution in [0.2, 0.25) is 0 Å². The van der Waals surface area contributed by atoms with Crippen molar-refractivity contribution in [2.24, 2.45) is 0 Å². The van der Waals surface area contributed by atoms with E-state index in [1.54, 1.807) is 23.6 Å². The van der Waals surface area contributed by atoms with Crippen molar-refractivity contribution >= 4 is 22.7 Å². The smallest absolute Gasteiger partial charge is 0.299 e. The number of benzene rings is 1. The Morgan fingerprint density at radius 1 is 1.12 bits per heavy atom. The van der Waals surface area contributed by atoms with Gasteiger partial charge in [0.25, 0.3) is 11.4 Å². The molecule has 1 atom stereocenters. The van der Waals surface area contributed by atoms with Crippen LogP contribution in [0.5, 0.6) is 0 Å². The highest BCUT2D eigenvalue weighted by Crippen LogP contribution is 2.31. The highest BCUT2D eigenvalue weighted by molar-refractivity contribution is 5.65. The number of rotatable bonds is 5. The molecule has 122 valence electrons. The van der Waals surface area contributed by atoms with E-state index < -0.39 is 15.9 Å². The maximum Gasteiger partial charge on any atom is 0.299 e. The van der Waals surface area contributed by atoms with E-state index in [1.165, 1.54) is 12.1 Å². The first-order valence-electron chi connectivity index (χ1n) is 6.96. The van der Waals surface area contributed by atoms with Gasteiger partial charge in [0.15, 0.2) is 11.5 Å². The van der Waals surface area contributed by atoms with Gasteiger partial charge in [-0.1, -0.05) is 6.07 Å². The number of nitro groups is 2. The molecule has 0 radical (unpaired) electrons. The molecule has 0 amide bonds. The molecule has 0 saturated heterocycles. The molecule has 0 bridgehead atoms. The summed E-state index contributed by atoms with van der Waals surface area (Å²) in [6, 6.07) is 8.49. The maximum atomic E-state index is 11.2. The number of anilines is 1. The quantitative estimate of drug-likeness (QED) is 0.563. The van der Waals surface area contributed by atoms with Crippen LogP contribution < -0.4 is 5.32 Å². The van der Waals surface area contributed by atoms with Crippen LogP contribution in [0, 0.1) is 20.2 Å². The first kappa shape index (κ1) is 15.3. The summed E-state index contributed by atoms with van der Waals surface area (Å²) in [5, 5.41) is 33.0. The first-order chi connectivity index (χ1) is 11.5. The molecule has 0 aliphatic rings. The molecule has 0 aliphatic carbocycles. The van der Waals surface area contributed by atoms with E-state index in [0.717, 1.165) is 6.07 Å². The highest BCUT2D eigenvalue weighted by Gasteiger charge is 2.22. The highest BCUT2D eigenvalue weighted by atomic mass is 16.6. The third-order valence-corrected chi connectivity index (χ3v) is 3.49. The molecule has 0 fully saturated rings. The zero-order valence-corrected chi connectivity index (χ0v) is 12.5. The van der Waals surface area contributed by atoms with Gasteiger partial charge in [0.1, 0.15) is 5.69 Å². The molecular weight excluding hydrogens is 316 g/mol. The van der Waals surface area contributed by atoms with Crippen LogP contribution in [-0.4, -0.2) is 24.4 Å². The fourth-order valence-electron chi connectivity index (χ4n) is 2.36. The van der Waals surface area contributed by atoms with Gasteiger partial charge >= 0.3 is 0 Å². The van der Waals surface area contributed by atoms with E-state index >= 15 is 0 Å². The van der Waals surface area contributed by atoms with E-state index in [0.29, 0.717) is 11.5 Å². The number of fused-ring (bicyclic) bond motifs is 1. The van der Waals surface area contributed by atoms with Crippen molar-refractivity contribution in [1.29, 1.82) is 0 Å². The summed E-state index contributed by atoms with van der Waals surface area (Å²) < 4.78 is 1.76. The van der Waals surface area contributed by atoms with Gasteiger partial charge in [0, 0.05) is 12.3 Å². The van der Waals surface area contributed by atoms with Crippen LogP contribution in [0.1, 0.15) is 18.8 Å². The van der Waals surface area contributed by atoms with E-state index in [-0.39, 0.29) is 17.1 Å². The summed E-state index contributed by atoms with van der Waals surface area (Å²) in [5.41, 5.74) is 0.114. The predicted molar refractivity (Wildman–Crippen MR) is 84.8 cm³/mol. The van der Waals surface area contributed by atoms with E-state index in [4.69, 9.17) is 0 Å². The van der Waals surface area contributed by atoms with Gasteiger partial charge in [0.2, 0.25) is 0 Å². The monoisotopic (exact) mass is 328 g/mol. The molecule has 0 spiro atoms. The summed E-state index contributed by atoms with van der Waals surface area (Å²) in [5.74, 6) is 0.568. The number of pyridine rings is 1. The van der Waals surface area contributed by atoms with Gasteiger partial charge in [0.05, 0.1) is 22.0 Å². The molecule has 2 aromatic heterocycles. The standard InChI is InChI=1S/C14H12N6O4/c1-9(14-17-16-13-4-2-3-7-18(13)14)15-11-6-5-10(19(21)22)8-12(11)20(23)24/h2-9,15H,1H3/t9-/m1/s1. The number of aromatic nitrogens is 3. The summed E-state index contributed by atoms with van der Waals surface area (Å²) in [7, 11) is 0. The lowest BCUT2D eigenvalue weighted by molar-refractivity contribution is -0.393. The number of non-ortho nitro benzene ring substituents is 1. The van der Waals surface area contributed by atoms with Crippen molar-refractivity contribution < 1.29 is 9.85 Å². The molecule has 2 heterocycles. The zero-order valence-electron chi connectivity index (χ0n) is 12.5. The van der Waals surface area contributed by atoms with Crippen LogP contribution in [-0.2, 0) is 0 Å². The molecule has 24 heavy (non-hydrogen) atoms. The van der Waals surface area contributed by atoms with Crippen molar-refractivity contribution in [3.05, 3.63) is 68.6 Å². The Bertz CT molecular complexity index is 938. The molecule has 0 saturated carbocycles. The van der Waals surface area contributed by atoms with Crippen molar-refractivity contribution in [3.8, 4) is 0 Å². The number of nitro benzene ring substituents is 2. The summed E-state index contributed by atoms with van der Waals surface area (Å²) >= 11 is 0. The van der Waals surface area contributed by atoms with Crippen molar-refractivity contribution in [1.82, 2.24) is 14.6 Å². The molecule has 0 aliphatic heterocycles. The molecule has 3 rings (SSSR count). The summed E-state index contributed by atoms with van der Waals surface area (Å²) in [6.45, 7) is 1.77. The van der Waals surface area contributed by atoms with Gasteiger partial charge in [-0.2, -0.15) is 0 Å². The Balaban J connectivity index is 1.95. The van der Waals surface area contributed by atoms with Gasteiger partial charge < -0.3 is 5.32 Å². The van der Waals surface area contributed by atoms with E-state index in [1.807, 2.05) is 12.1 Å². The van der Waals surface area contributed by atoms with Gasteiger partial charge in [-0.05, 0) is 25.1 Å². The van der Waals surface area contributed by atoms with Crippen molar-refractivity contribution in [2.45, 2.75) is 13.0 Å². The second-order valence-corrected chi connectivity index (χ2v) is 5.07. The topological polar surface area (TPSA) is 128 Å². The molecule has 1 aromatic carbocycles. The van der Waals surface area contributed by atoms with Crippen LogP contribution in [0.15, 0.2) is 42.6 Å². The van der Waals surface area contributed by atoms with Crippen LogP contribution >= 0.6 is 0 Å². The second kappa shape index (κ2) is 5.91. The van der Waals surface area contributed by atoms with Crippen LogP contribution in [0.25, 0.3) is 5.65 Å². The second-order valence-electron chi connectivity index (χ2n) is 5.07. The average Bonchev–Trinajstić information content (AvgIpc) is 2.98. The summed E-state index contributed by atoms with van der Waals surface area (Å²) in [6.07, 6.45) is 1.78. The Labute approximate surface area is 135 Å². The summed E-state index contributed by atoms with van der Waals surface area (Å²) in [4.78, 5) is 20.6. The Morgan fingerprint density at radius 2 is 1.92 bits per heavy atom. The lowest BCUT2D eigenvalue weighted by Gasteiger charge is -2.13. The van der Waals surface area contributed by atoms with E-state index in [9.17, 15) is 20.2 Å². The normalized spacial score (nSPS) is 12.0. The van der Waals surface area contributed by atoms with Crippen LogP contribution in [0.4, 0.5) is 17.1 Å². The zero-order chi connectivity index (χ0) is 17.3. The minimum Gasteiger partial charge on any atom is -0.370 e. The number of hydrogen-bond donors (Lipinski definition) is 1. The first-order valence-corrected chi connectivity index (χ1v) is 6.96. The van der Waals surface area contributed by atoms with Gasteiger partial charge in [-0.25, -0.2) is 0 Å². The third kappa shape index (κ3) is 2.72. The Morgan fingerprint density at radius 3 is 2.62 bits per heavy atom. The number of nitrogens with zero attached hydrogens (tertiary/aromatic N) is 5. The minimum absolute atomic E-state index is 0.172. The molecule has 10 heteroatoms. The largest absolute Gasteiger partial charge is 0.370 e. The predicted octanol–water partition coefficient (Wildman–Crippen LogP) is 2.72. The van der Waals surface area contributed by atoms with Crippen molar-refractivity contribution in [3.63, 3.8) is 0 Å². The number of nitrogens with one attached hydrogen (secondary N) is 1. The lowest BCUT2D eigenvalue weighted by Crippen LogP contribution is -2.12. The van der Waals surface area contributed by atoms with Crippen LogP contribution in [0.3, 0.4) is 0 Å². The lowest BCUT2D eigenvalue weighted by atomic mass is 10.2. The minimum atomic E-state index is -0.674. The number of hydrogen-bond acceptors (Lipinski definition) is 7. The van der Waals surface area contributed by atoms with Crippen molar-refractivity contribution in [2.75, 3.05) is 5.32 Å². The molecule has 1 N–H and O–H groups in total. The van der Waals surface area contributed by atoms with Gasteiger partial charge in [-0.3, -0.25) is 24.6 Å². The molecular formula is C14H12N6O4. The Kier molecular flexibility index (Phi) is 3.78. The average molecular weight is 328 g/mol. The fourth-order valence-corrected chi connectivity index (χ4v) is 2.36. The molecule has 10 nitrogen and oxygen atoms in total. The molecule has 3 aromatic rings. The third-order valence-electron chi connectivity index (χ3n) is 3.49. The van der Waals surface area contributed by atoms with E-state index in [2.05, 4.69) is 15.5 Å². The fraction of sp³-hybridized carbons (Fsp3) is 0.143.